The van der Waals surface area contributed by atoms with E-state index >= 15 is 0 Å². The van der Waals surface area contributed by atoms with Crippen LogP contribution in [-0.2, 0) is 0 Å². The summed E-state index contributed by atoms with van der Waals surface area (Å²) in [6.07, 6.45) is 2.91. The Morgan fingerprint density at radius 3 is 2.59 bits per heavy atom. The minimum atomic E-state index is -1.00. The number of carboxylic acid groups (broad SMARTS) is 1. The maximum atomic E-state index is 12.7. The Kier molecular flexibility index (Phi) is 3.39. The van der Waals surface area contributed by atoms with Gasteiger partial charge in [0.1, 0.15) is 5.82 Å². The summed E-state index contributed by atoms with van der Waals surface area (Å²) in [7, 11) is 0. The quantitative estimate of drug-likeness (QED) is 0.908. The number of halogens is 1. The van der Waals surface area contributed by atoms with Crippen LogP contribution >= 0.6 is 11.8 Å². The minimum Gasteiger partial charge on any atom is -0.478 e. The van der Waals surface area contributed by atoms with Crippen molar-refractivity contribution in [3.8, 4) is 0 Å². The molecule has 0 aliphatic rings. The SMILES string of the molecule is O=C(O)c1ccncc1Sc1ccc(F)cc1. The predicted octanol–water partition coefficient (Wildman–Crippen LogP) is 3.07. The number of hydrogen-bond donors (Lipinski definition) is 1. The Bertz CT molecular complexity index is 542. The van der Waals surface area contributed by atoms with E-state index in [0.29, 0.717) is 4.90 Å². The van der Waals surface area contributed by atoms with Crippen LogP contribution in [0.5, 0.6) is 0 Å². The maximum Gasteiger partial charge on any atom is 0.336 e. The molecule has 3 nitrogen and oxygen atoms in total. The van der Waals surface area contributed by atoms with Crippen molar-refractivity contribution in [1.82, 2.24) is 4.98 Å². The fourth-order valence-corrected chi connectivity index (χ4v) is 2.17. The summed E-state index contributed by atoms with van der Waals surface area (Å²) < 4.78 is 12.7. The van der Waals surface area contributed by atoms with Crippen LogP contribution in [-0.4, -0.2) is 16.1 Å². The molecule has 0 atom stereocenters. The lowest BCUT2D eigenvalue weighted by Crippen LogP contribution is -1.98. The van der Waals surface area contributed by atoms with Gasteiger partial charge in [-0.3, -0.25) is 4.98 Å². The van der Waals surface area contributed by atoms with Crippen molar-refractivity contribution in [2.24, 2.45) is 0 Å². The zero-order valence-corrected chi connectivity index (χ0v) is 9.45. The molecule has 0 aliphatic heterocycles. The van der Waals surface area contributed by atoms with Gasteiger partial charge in [0, 0.05) is 22.2 Å². The van der Waals surface area contributed by atoms with E-state index < -0.39 is 5.97 Å². The monoisotopic (exact) mass is 249 g/mol. The fraction of sp³-hybridized carbons (Fsp3) is 0. The molecule has 1 aromatic heterocycles. The van der Waals surface area contributed by atoms with Crippen LogP contribution in [0, 0.1) is 5.82 Å². The summed E-state index contributed by atoms with van der Waals surface area (Å²) in [6.45, 7) is 0. The van der Waals surface area contributed by atoms with Crippen molar-refractivity contribution in [1.29, 1.82) is 0 Å². The number of nitrogens with zero attached hydrogens (tertiary/aromatic N) is 1. The highest BCUT2D eigenvalue weighted by Gasteiger charge is 2.10. The number of pyridine rings is 1. The van der Waals surface area contributed by atoms with E-state index in [1.165, 1.54) is 42.4 Å². The predicted molar refractivity (Wildman–Crippen MR) is 61.7 cm³/mol. The Labute approximate surface area is 101 Å². The van der Waals surface area contributed by atoms with Gasteiger partial charge in [-0.1, -0.05) is 11.8 Å². The van der Waals surface area contributed by atoms with Crippen LogP contribution in [0.1, 0.15) is 10.4 Å². The van der Waals surface area contributed by atoms with E-state index in [4.69, 9.17) is 5.11 Å². The molecule has 2 aromatic rings. The Morgan fingerprint density at radius 2 is 1.94 bits per heavy atom. The van der Waals surface area contributed by atoms with E-state index in [-0.39, 0.29) is 11.4 Å². The fourth-order valence-electron chi connectivity index (χ4n) is 1.27. The molecule has 0 unspecified atom stereocenters. The van der Waals surface area contributed by atoms with Crippen molar-refractivity contribution in [3.05, 3.63) is 54.1 Å². The molecule has 0 saturated heterocycles. The van der Waals surface area contributed by atoms with Crippen LogP contribution in [0.25, 0.3) is 0 Å². The summed E-state index contributed by atoms with van der Waals surface area (Å²) >= 11 is 1.24. The molecule has 5 heteroatoms. The number of carbonyl (C=O) groups is 1. The molecular weight excluding hydrogens is 241 g/mol. The molecule has 1 N–H and O–H groups in total. The van der Waals surface area contributed by atoms with Gasteiger partial charge in [-0.15, -0.1) is 0 Å². The van der Waals surface area contributed by atoms with Crippen LogP contribution in [0.3, 0.4) is 0 Å². The van der Waals surface area contributed by atoms with Gasteiger partial charge in [0.05, 0.1) is 5.56 Å². The van der Waals surface area contributed by atoms with Gasteiger partial charge >= 0.3 is 5.97 Å². The maximum absolute atomic E-state index is 12.7. The third-order valence-electron chi connectivity index (χ3n) is 2.06. The number of aromatic carboxylic acids is 1. The third-order valence-corrected chi connectivity index (χ3v) is 3.11. The smallest absolute Gasteiger partial charge is 0.336 e. The molecule has 0 radical (unpaired) electrons. The Hall–Kier alpha value is -1.88. The second-order valence-electron chi connectivity index (χ2n) is 3.23. The molecule has 0 bridgehead atoms. The molecule has 1 heterocycles. The minimum absolute atomic E-state index is 0.189. The van der Waals surface area contributed by atoms with Gasteiger partial charge in [-0.2, -0.15) is 0 Å². The van der Waals surface area contributed by atoms with Crippen molar-refractivity contribution in [2.45, 2.75) is 9.79 Å². The number of hydrogen-bond acceptors (Lipinski definition) is 3. The molecule has 0 amide bonds. The van der Waals surface area contributed by atoms with E-state index in [1.54, 1.807) is 12.1 Å². The molecular formula is C12H8FNO2S. The standard InChI is InChI=1S/C12H8FNO2S/c13-8-1-3-9(4-2-8)17-11-7-14-6-5-10(11)12(15)16/h1-7H,(H,15,16). The Morgan fingerprint density at radius 1 is 1.24 bits per heavy atom. The van der Waals surface area contributed by atoms with Crippen LogP contribution < -0.4 is 0 Å². The zero-order chi connectivity index (χ0) is 12.3. The summed E-state index contributed by atoms with van der Waals surface area (Å²) in [6, 6.07) is 7.30. The molecule has 0 fully saturated rings. The highest BCUT2D eigenvalue weighted by atomic mass is 32.2. The lowest BCUT2D eigenvalue weighted by Gasteiger charge is -2.04. The summed E-state index contributed by atoms with van der Waals surface area (Å²) in [4.78, 5) is 16.1. The molecule has 86 valence electrons. The summed E-state index contributed by atoms with van der Waals surface area (Å²) in [5.74, 6) is -1.32. The molecule has 0 aliphatic carbocycles. The number of carboxylic acids is 1. The van der Waals surface area contributed by atoms with Crippen molar-refractivity contribution in [3.63, 3.8) is 0 Å². The zero-order valence-electron chi connectivity index (χ0n) is 8.63. The molecule has 2 rings (SSSR count). The normalized spacial score (nSPS) is 10.2. The number of aromatic nitrogens is 1. The van der Waals surface area contributed by atoms with Crippen molar-refractivity contribution >= 4 is 17.7 Å². The largest absolute Gasteiger partial charge is 0.478 e. The van der Waals surface area contributed by atoms with Gasteiger partial charge in [0.2, 0.25) is 0 Å². The number of rotatable bonds is 3. The van der Waals surface area contributed by atoms with E-state index in [0.717, 1.165) is 4.90 Å². The molecule has 17 heavy (non-hydrogen) atoms. The highest BCUT2D eigenvalue weighted by Crippen LogP contribution is 2.29. The average Bonchev–Trinajstić information content (AvgIpc) is 2.32. The first-order valence-electron chi connectivity index (χ1n) is 4.77. The van der Waals surface area contributed by atoms with Crippen molar-refractivity contribution in [2.75, 3.05) is 0 Å². The molecule has 1 aromatic carbocycles. The van der Waals surface area contributed by atoms with Gasteiger partial charge in [0.15, 0.2) is 0 Å². The summed E-state index contributed by atoms with van der Waals surface area (Å²) in [5, 5.41) is 8.99. The first-order valence-corrected chi connectivity index (χ1v) is 5.59. The van der Waals surface area contributed by atoms with E-state index in [1.807, 2.05) is 0 Å². The summed E-state index contributed by atoms with van der Waals surface area (Å²) in [5.41, 5.74) is 0.189. The third kappa shape index (κ3) is 2.82. The molecule has 0 spiro atoms. The lowest BCUT2D eigenvalue weighted by molar-refractivity contribution is 0.0693. The Balaban J connectivity index is 2.30. The second-order valence-corrected chi connectivity index (χ2v) is 4.35. The van der Waals surface area contributed by atoms with Gasteiger partial charge in [-0.25, -0.2) is 9.18 Å². The van der Waals surface area contributed by atoms with Crippen molar-refractivity contribution < 1.29 is 14.3 Å². The second kappa shape index (κ2) is 4.97. The highest BCUT2D eigenvalue weighted by molar-refractivity contribution is 7.99. The first-order chi connectivity index (χ1) is 8.16. The van der Waals surface area contributed by atoms with E-state index in [9.17, 15) is 9.18 Å². The van der Waals surface area contributed by atoms with E-state index in [2.05, 4.69) is 4.98 Å². The van der Waals surface area contributed by atoms with Crippen LogP contribution in [0.4, 0.5) is 4.39 Å². The van der Waals surface area contributed by atoms with Crippen LogP contribution in [0.2, 0.25) is 0 Å². The first kappa shape index (κ1) is 11.6. The van der Waals surface area contributed by atoms with Gasteiger partial charge in [0.25, 0.3) is 0 Å². The average molecular weight is 249 g/mol. The molecule has 0 saturated carbocycles. The van der Waals surface area contributed by atoms with Crippen LogP contribution in [0.15, 0.2) is 52.5 Å². The lowest BCUT2D eigenvalue weighted by atomic mass is 10.3. The number of benzene rings is 1. The topological polar surface area (TPSA) is 50.2 Å². The van der Waals surface area contributed by atoms with Gasteiger partial charge < -0.3 is 5.11 Å². The van der Waals surface area contributed by atoms with Gasteiger partial charge in [-0.05, 0) is 30.3 Å².